The predicted molar refractivity (Wildman–Crippen MR) is 128 cm³/mol. The molecule has 4 rings (SSSR count). The van der Waals surface area contributed by atoms with Crippen LogP contribution in [0.5, 0.6) is 0 Å². The van der Waals surface area contributed by atoms with Gasteiger partial charge in [0.15, 0.2) is 0 Å². The number of hydrogen-bond acceptors (Lipinski definition) is 7. The van der Waals surface area contributed by atoms with Crippen molar-refractivity contribution in [2.75, 3.05) is 69.2 Å². The van der Waals surface area contributed by atoms with Crippen LogP contribution in [0, 0.1) is 27.7 Å². The Balaban J connectivity index is 1.49. The van der Waals surface area contributed by atoms with Gasteiger partial charge in [0.25, 0.3) is 0 Å². The van der Waals surface area contributed by atoms with Gasteiger partial charge in [-0.1, -0.05) is 6.07 Å². The second-order valence-corrected chi connectivity index (χ2v) is 10.9. The zero-order chi connectivity index (χ0) is 23.0. The first-order chi connectivity index (χ1) is 15.1. The molecule has 0 bridgehead atoms. The molecule has 0 aliphatic carbocycles. The summed E-state index contributed by atoms with van der Waals surface area (Å²) in [7, 11) is -1.38. The van der Waals surface area contributed by atoms with Gasteiger partial charge in [-0.15, -0.1) is 0 Å². The molecular weight excluding hydrogens is 424 g/mol. The molecular formula is C23H34N6O2S. The van der Waals surface area contributed by atoms with Crippen LogP contribution in [0.3, 0.4) is 0 Å². The smallest absolute Gasteiger partial charge is 0.243 e. The van der Waals surface area contributed by atoms with Crippen molar-refractivity contribution in [2.45, 2.75) is 32.6 Å². The fraction of sp³-hybridized carbons (Fsp3) is 0.565. The highest BCUT2D eigenvalue weighted by molar-refractivity contribution is 7.89. The van der Waals surface area contributed by atoms with Crippen LogP contribution in [-0.2, 0) is 10.0 Å². The molecule has 9 heteroatoms. The molecule has 0 saturated carbocycles. The number of likely N-dealkylation sites (N-methyl/N-ethyl adjacent to an activating group) is 1. The van der Waals surface area contributed by atoms with E-state index in [0.29, 0.717) is 31.1 Å². The van der Waals surface area contributed by atoms with E-state index in [1.165, 1.54) is 0 Å². The molecule has 0 unspecified atom stereocenters. The third-order valence-electron chi connectivity index (χ3n) is 6.61. The Morgan fingerprint density at radius 2 is 1.19 bits per heavy atom. The van der Waals surface area contributed by atoms with Gasteiger partial charge in [0, 0.05) is 58.4 Å². The fourth-order valence-electron chi connectivity index (χ4n) is 4.40. The summed E-state index contributed by atoms with van der Waals surface area (Å²) in [5, 5.41) is 0. The summed E-state index contributed by atoms with van der Waals surface area (Å²) in [4.78, 5) is 16.5. The van der Waals surface area contributed by atoms with Gasteiger partial charge in [0.05, 0.1) is 4.90 Å². The molecule has 2 saturated heterocycles. The number of nitrogens with zero attached hydrogens (tertiary/aromatic N) is 6. The van der Waals surface area contributed by atoms with Crippen molar-refractivity contribution in [1.29, 1.82) is 0 Å². The normalized spacial score (nSPS) is 18.9. The summed E-state index contributed by atoms with van der Waals surface area (Å²) in [5.74, 6) is 2.59. The molecule has 0 radical (unpaired) electrons. The van der Waals surface area contributed by atoms with Crippen molar-refractivity contribution in [1.82, 2.24) is 19.2 Å². The maximum Gasteiger partial charge on any atom is 0.243 e. The van der Waals surface area contributed by atoms with Crippen LogP contribution in [0.15, 0.2) is 23.1 Å². The van der Waals surface area contributed by atoms with Crippen LogP contribution in [0.2, 0.25) is 0 Å². The molecule has 0 spiro atoms. The highest BCUT2D eigenvalue weighted by Gasteiger charge is 2.30. The van der Waals surface area contributed by atoms with Crippen molar-refractivity contribution in [3.63, 3.8) is 0 Å². The van der Waals surface area contributed by atoms with Crippen molar-refractivity contribution >= 4 is 21.7 Å². The summed E-state index contributed by atoms with van der Waals surface area (Å²) >= 11 is 0. The van der Waals surface area contributed by atoms with Crippen molar-refractivity contribution in [3.8, 4) is 0 Å². The first kappa shape index (κ1) is 22.9. The van der Waals surface area contributed by atoms with Gasteiger partial charge in [0.2, 0.25) is 10.0 Å². The number of rotatable bonds is 4. The summed E-state index contributed by atoms with van der Waals surface area (Å²) in [6, 6.07) is 5.82. The van der Waals surface area contributed by atoms with Gasteiger partial charge >= 0.3 is 0 Å². The van der Waals surface area contributed by atoms with Crippen LogP contribution >= 0.6 is 0 Å². The molecule has 3 heterocycles. The molecule has 2 aromatic rings. The quantitative estimate of drug-likeness (QED) is 0.694. The molecule has 2 aliphatic heterocycles. The lowest BCUT2D eigenvalue weighted by Gasteiger charge is -2.36. The second kappa shape index (κ2) is 8.96. The van der Waals surface area contributed by atoms with E-state index in [1.807, 2.05) is 39.8 Å². The zero-order valence-corrected chi connectivity index (χ0v) is 20.6. The lowest BCUT2D eigenvalue weighted by molar-refractivity contribution is 0.312. The molecule has 0 N–H and O–H groups in total. The number of anilines is 2. The number of piperazine rings is 2. The van der Waals surface area contributed by atoms with Gasteiger partial charge < -0.3 is 14.7 Å². The Kier molecular flexibility index (Phi) is 6.42. The van der Waals surface area contributed by atoms with Gasteiger partial charge in [-0.05, 0) is 57.5 Å². The monoisotopic (exact) mass is 458 g/mol. The third kappa shape index (κ3) is 4.60. The highest BCUT2D eigenvalue weighted by Crippen LogP contribution is 2.26. The minimum Gasteiger partial charge on any atom is -0.354 e. The first-order valence-corrected chi connectivity index (χ1v) is 12.7. The summed E-state index contributed by atoms with van der Waals surface area (Å²) in [6.07, 6.45) is 0. The number of aromatic nitrogens is 2. The third-order valence-corrected chi connectivity index (χ3v) is 8.65. The topological polar surface area (TPSA) is 72.9 Å². The molecule has 0 atom stereocenters. The number of aryl methyl sites for hydroxylation is 4. The van der Waals surface area contributed by atoms with Gasteiger partial charge in [-0.25, -0.2) is 18.4 Å². The standard InChI is InChI=1S/C23H34N6O2S/c1-17-14-19(3)21(15-18(17)2)32(30,31)29-12-10-28(11-13-29)23-16-22(24-20(4)25-23)27-8-6-26(5)7-9-27/h14-16H,6-13H2,1-5H3. The Morgan fingerprint density at radius 1 is 0.688 bits per heavy atom. The molecule has 8 nitrogen and oxygen atoms in total. The van der Waals surface area contributed by atoms with E-state index in [-0.39, 0.29) is 0 Å². The summed E-state index contributed by atoms with van der Waals surface area (Å²) < 4.78 is 28.3. The first-order valence-electron chi connectivity index (χ1n) is 11.3. The minimum atomic E-state index is -3.52. The van der Waals surface area contributed by atoms with Crippen molar-refractivity contribution < 1.29 is 8.42 Å². The zero-order valence-electron chi connectivity index (χ0n) is 19.8. The van der Waals surface area contributed by atoms with Gasteiger partial charge in [0.1, 0.15) is 17.5 Å². The Hall–Kier alpha value is -2.23. The Morgan fingerprint density at radius 3 is 1.75 bits per heavy atom. The van der Waals surface area contributed by atoms with E-state index < -0.39 is 10.0 Å². The number of hydrogen-bond donors (Lipinski definition) is 0. The van der Waals surface area contributed by atoms with E-state index in [1.54, 1.807) is 4.31 Å². The largest absolute Gasteiger partial charge is 0.354 e. The average Bonchev–Trinajstić information content (AvgIpc) is 2.76. The molecule has 0 amide bonds. The van der Waals surface area contributed by atoms with Crippen molar-refractivity contribution in [3.05, 3.63) is 40.7 Å². The number of benzene rings is 1. The van der Waals surface area contributed by atoms with Gasteiger partial charge in [-0.3, -0.25) is 0 Å². The van der Waals surface area contributed by atoms with Crippen LogP contribution in [-0.4, -0.2) is 87.0 Å². The van der Waals surface area contributed by atoms with E-state index in [0.717, 1.165) is 60.3 Å². The van der Waals surface area contributed by atoms with E-state index in [2.05, 4.69) is 37.8 Å². The molecule has 32 heavy (non-hydrogen) atoms. The van der Waals surface area contributed by atoms with Gasteiger partial charge in [-0.2, -0.15) is 4.31 Å². The lowest BCUT2D eigenvalue weighted by atomic mass is 10.1. The lowest BCUT2D eigenvalue weighted by Crippen LogP contribution is -2.49. The van der Waals surface area contributed by atoms with Crippen LogP contribution in [0.25, 0.3) is 0 Å². The second-order valence-electron chi connectivity index (χ2n) is 9.01. The van der Waals surface area contributed by atoms with Crippen LogP contribution in [0.4, 0.5) is 11.6 Å². The molecule has 1 aromatic carbocycles. The average molecular weight is 459 g/mol. The summed E-state index contributed by atoms with van der Waals surface area (Å²) in [5.41, 5.74) is 2.92. The molecule has 1 aromatic heterocycles. The number of sulfonamides is 1. The Bertz CT molecular complexity index is 1090. The molecule has 2 fully saturated rings. The highest BCUT2D eigenvalue weighted by atomic mass is 32.2. The predicted octanol–water partition coefficient (Wildman–Crippen LogP) is 1.97. The summed E-state index contributed by atoms with van der Waals surface area (Å²) in [6.45, 7) is 13.8. The maximum absolute atomic E-state index is 13.3. The molecule has 174 valence electrons. The van der Waals surface area contributed by atoms with Crippen molar-refractivity contribution in [2.24, 2.45) is 0 Å². The maximum atomic E-state index is 13.3. The molecule has 2 aliphatic rings. The minimum absolute atomic E-state index is 0.421. The fourth-order valence-corrected chi connectivity index (χ4v) is 6.12. The Labute approximate surface area is 191 Å². The van der Waals surface area contributed by atoms with E-state index in [4.69, 9.17) is 0 Å². The van der Waals surface area contributed by atoms with Crippen LogP contribution < -0.4 is 9.80 Å². The van der Waals surface area contributed by atoms with E-state index >= 15 is 0 Å². The van der Waals surface area contributed by atoms with Crippen LogP contribution in [0.1, 0.15) is 22.5 Å². The van der Waals surface area contributed by atoms with E-state index in [9.17, 15) is 8.42 Å². The SMILES string of the molecule is Cc1nc(N2CCN(C)CC2)cc(N2CCN(S(=O)(=O)c3cc(C)c(C)cc3C)CC2)n1.